The predicted octanol–water partition coefficient (Wildman–Crippen LogP) is 1.74. The van der Waals surface area contributed by atoms with Gasteiger partial charge in [-0.2, -0.15) is 0 Å². The molecule has 2 saturated heterocycles. The van der Waals surface area contributed by atoms with E-state index in [0.29, 0.717) is 32.5 Å². The topological polar surface area (TPSA) is 73.0 Å². The molecule has 9 heteroatoms. The second-order valence-corrected chi connectivity index (χ2v) is 11.2. The first-order valence-electron chi connectivity index (χ1n) is 10.7. The van der Waals surface area contributed by atoms with E-state index in [1.165, 1.54) is 4.31 Å². The number of sulfonamides is 1. The minimum atomic E-state index is -3.37. The van der Waals surface area contributed by atoms with Gasteiger partial charge in [0, 0.05) is 56.2 Å². The van der Waals surface area contributed by atoms with Crippen LogP contribution in [0.25, 0.3) is 0 Å². The Morgan fingerprint density at radius 3 is 2.50 bits per heavy atom. The summed E-state index contributed by atoms with van der Waals surface area (Å²) in [5, 5.41) is 3.05. The highest BCUT2D eigenvalue weighted by Gasteiger charge is 2.31. The molecule has 0 aliphatic carbocycles. The summed E-state index contributed by atoms with van der Waals surface area (Å²) in [6.45, 7) is 6.93. The molecular formula is C21H33BrN4O3S. The Morgan fingerprint density at radius 1 is 1.13 bits per heavy atom. The van der Waals surface area contributed by atoms with Crippen LogP contribution in [0.5, 0.6) is 0 Å². The zero-order valence-corrected chi connectivity index (χ0v) is 20.1. The summed E-state index contributed by atoms with van der Waals surface area (Å²) < 4.78 is 27.9. The average molecular weight is 501 g/mol. The SMILES string of the molecule is CN1CCN(CCCNC(=O)C2CCN(S(=O)(=O)Cc3cccc(Br)c3)CC2)CC1. The standard InChI is InChI=1S/C21H33BrN4O3S/c1-24-12-14-25(15-13-24)9-3-8-23-21(27)19-6-10-26(11-7-19)30(28,29)17-18-4-2-5-20(22)16-18/h2,4-5,16,19H,3,6-15,17H2,1H3,(H,23,27). The van der Waals surface area contributed by atoms with Crippen LogP contribution in [0.1, 0.15) is 24.8 Å². The zero-order valence-electron chi connectivity index (χ0n) is 17.7. The number of nitrogens with zero attached hydrogens (tertiary/aromatic N) is 3. The summed E-state index contributed by atoms with van der Waals surface area (Å²) in [6, 6.07) is 7.38. The molecule has 1 aromatic carbocycles. The van der Waals surface area contributed by atoms with Crippen LogP contribution in [0.4, 0.5) is 0 Å². The van der Waals surface area contributed by atoms with Crippen molar-refractivity contribution in [3.63, 3.8) is 0 Å². The molecule has 2 fully saturated rings. The first-order chi connectivity index (χ1) is 14.3. The Kier molecular flexibility index (Phi) is 8.71. The van der Waals surface area contributed by atoms with Crippen molar-refractivity contribution in [3.05, 3.63) is 34.3 Å². The molecule has 0 saturated carbocycles. The van der Waals surface area contributed by atoms with Crippen LogP contribution in [0.2, 0.25) is 0 Å². The van der Waals surface area contributed by atoms with Crippen LogP contribution in [0.15, 0.2) is 28.7 Å². The molecule has 0 bridgehead atoms. The van der Waals surface area contributed by atoms with E-state index in [1.54, 1.807) is 0 Å². The molecule has 2 aliphatic rings. The average Bonchev–Trinajstić information content (AvgIpc) is 2.72. The molecule has 1 amide bonds. The number of halogens is 1. The maximum atomic E-state index is 12.7. The summed E-state index contributed by atoms with van der Waals surface area (Å²) in [7, 11) is -1.22. The first kappa shape index (κ1) is 23.7. The number of hydrogen-bond acceptors (Lipinski definition) is 5. The van der Waals surface area contributed by atoms with Gasteiger partial charge >= 0.3 is 0 Å². The molecule has 0 unspecified atom stereocenters. The molecule has 0 atom stereocenters. The van der Waals surface area contributed by atoms with Crippen LogP contribution in [-0.2, 0) is 20.6 Å². The van der Waals surface area contributed by atoms with Gasteiger partial charge in [-0.05, 0) is 50.6 Å². The van der Waals surface area contributed by atoms with Crippen molar-refractivity contribution in [2.75, 3.05) is 59.4 Å². The monoisotopic (exact) mass is 500 g/mol. The molecule has 1 aromatic rings. The predicted molar refractivity (Wildman–Crippen MR) is 123 cm³/mol. The fraction of sp³-hybridized carbons (Fsp3) is 0.667. The fourth-order valence-corrected chi connectivity index (χ4v) is 6.05. The lowest BCUT2D eigenvalue weighted by molar-refractivity contribution is -0.126. The normalized spacial score (nSPS) is 20.3. The number of hydrogen-bond donors (Lipinski definition) is 1. The molecule has 2 aliphatic heterocycles. The Labute approximate surface area is 189 Å². The van der Waals surface area contributed by atoms with Gasteiger partial charge in [-0.3, -0.25) is 4.79 Å². The second-order valence-electron chi connectivity index (χ2n) is 8.35. The third-order valence-electron chi connectivity index (χ3n) is 6.00. The van der Waals surface area contributed by atoms with E-state index in [2.05, 4.69) is 38.1 Å². The van der Waals surface area contributed by atoms with Crippen molar-refractivity contribution in [1.29, 1.82) is 0 Å². The summed E-state index contributed by atoms with van der Waals surface area (Å²) >= 11 is 3.38. The van der Waals surface area contributed by atoms with Gasteiger partial charge in [0.15, 0.2) is 0 Å². The number of likely N-dealkylation sites (N-methyl/N-ethyl adjacent to an activating group) is 1. The number of carbonyl (C=O) groups is 1. The lowest BCUT2D eigenvalue weighted by atomic mass is 9.97. The minimum Gasteiger partial charge on any atom is -0.356 e. The van der Waals surface area contributed by atoms with Gasteiger partial charge in [0.25, 0.3) is 0 Å². The molecular weight excluding hydrogens is 468 g/mol. The van der Waals surface area contributed by atoms with Gasteiger partial charge in [0.05, 0.1) is 5.75 Å². The van der Waals surface area contributed by atoms with Crippen LogP contribution >= 0.6 is 15.9 Å². The number of nitrogens with one attached hydrogen (secondary N) is 1. The molecule has 30 heavy (non-hydrogen) atoms. The number of piperidine rings is 1. The van der Waals surface area contributed by atoms with E-state index >= 15 is 0 Å². The number of piperazine rings is 1. The highest BCUT2D eigenvalue weighted by molar-refractivity contribution is 9.10. The summed E-state index contributed by atoms with van der Waals surface area (Å²) in [5.41, 5.74) is 0.768. The molecule has 3 rings (SSSR count). The molecule has 7 nitrogen and oxygen atoms in total. The summed E-state index contributed by atoms with van der Waals surface area (Å²) in [6.07, 6.45) is 2.12. The largest absolute Gasteiger partial charge is 0.356 e. The molecule has 2 heterocycles. The molecule has 0 spiro atoms. The zero-order chi connectivity index (χ0) is 21.6. The van der Waals surface area contributed by atoms with Crippen LogP contribution in [-0.4, -0.2) is 87.8 Å². The quantitative estimate of drug-likeness (QED) is 0.550. The minimum absolute atomic E-state index is 0.00437. The van der Waals surface area contributed by atoms with E-state index in [4.69, 9.17) is 0 Å². The summed E-state index contributed by atoms with van der Waals surface area (Å²) in [5.74, 6) is -0.0290. The smallest absolute Gasteiger partial charge is 0.223 e. The van der Waals surface area contributed by atoms with E-state index in [-0.39, 0.29) is 17.6 Å². The maximum Gasteiger partial charge on any atom is 0.223 e. The number of amides is 1. The van der Waals surface area contributed by atoms with Crippen LogP contribution in [0, 0.1) is 5.92 Å². The van der Waals surface area contributed by atoms with Gasteiger partial charge in [-0.1, -0.05) is 28.1 Å². The Morgan fingerprint density at radius 2 is 1.83 bits per heavy atom. The van der Waals surface area contributed by atoms with Crippen molar-refractivity contribution in [2.45, 2.75) is 25.0 Å². The maximum absolute atomic E-state index is 12.7. The molecule has 0 radical (unpaired) electrons. The van der Waals surface area contributed by atoms with Crippen molar-refractivity contribution >= 4 is 31.9 Å². The van der Waals surface area contributed by atoms with Crippen molar-refractivity contribution in [2.24, 2.45) is 5.92 Å². The Balaban J connectivity index is 1.36. The second kappa shape index (κ2) is 11.0. The Bertz CT molecular complexity index is 804. The van der Waals surface area contributed by atoms with Crippen molar-refractivity contribution < 1.29 is 13.2 Å². The van der Waals surface area contributed by atoms with Gasteiger partial charge in [0.2, 0.25) is 15.9 Å². The molecule has 168 valence electrons. The first-order valence-corrected chi connectivity index (χ1v) is 13.1. The number of carbonyl (C=O) groups excluding carboxylic acids is 1. The van der Waals surface area contributed by atoms with Crippen molar-refractivity contribution in [3.8, 4) is 0 Å². The van der Waals surface area contributed by atoms with E-state index in [9.17, 15) is 13.2 Å². The van der Waals surface area contributed by atoms with Gasteiger partial charge in [-0.15, -0.1) is 0 Å². The van der Waals surface area contributed by atoms with Gasteiger partial charge in [0.1, 0.15) is 0 Å². The highest BCUT2D eigenvalue weighted by Crippen LogP contribution is 2.22. The highest BCUT2D eigenvalue weighted by atomic mass is 79.9. The lowest BCUT2D eigenvalue weighted by Gasteiger charge is -2.32. The van der Waals surface area contributed by atoms with Crippen molar-refractivity contribution in [1.82, 2.24) is 19.4 Å². The lowest BCUT2D eigenvalue weighted by Crippen LogP contribution is -2.45. The Hall–Kier alpha value is -1.00. The fourth-order valence-electron chi connectivity index (χ4n) is 4.05. The van der Waals surface area contributed by atoms with Gasteiger partial charge < -0.3 is 15.1 Å². The van der Waals surface area contributed by atoms with Gasteiger partial charge in [-0.25, -0.2) is 12.7 Å². The van der Waals surface area contributed by atoms with Crippen LogP contribution in [0.3, 0.4) is 0 Å². The van der Waals surface area contributed by atoms with E-state index in [0.717, 1.165) is 49.2 Å². The molecule has 1 N–H and O–H groups in total. The van der Waals surface area contributed by atoms with Crippen LogP contribution < -0.4 is 5.32 Å². The van der Waals surface area contributed by atoms with E-state index in [1.807, 2.05) is 24.3 Å². The van der Waals surface area contributed by atoms with E-state index < -0.39 is 10.0 Å². The molecule has 0 aromatic heterocycles. The number of rotatable bonds is 8. The third-order valence-corrected chi connectivity index (χ3v) is 8.35. The third kappa shape index (κ3) is 7.02. The summed E-state index contributed by atoms with van der Waals surface area (Å²) in [4.78, 5) is 17.3. The number of benzene rings is 1.